The van der Waals surface area contributed by atoms with Crippen LogP contribution in [0, 0.1) is 0 Å². The highest BCUT2D eigenvalue weighted by molar-refractivity contribution is 5.66. The van der Waals surface area contributed by atoms with Gasteiger partial charge in [0.05, 0.1) is 0 Å². The van der Waals surface area contributed by atoms with Gasteiger partial charge in [-0.1, -0.05) is 199 Å². The first-order valence-electron chi connectivity index (χ1n) is 33.8. The minimum absolute atomic E-state index is 0.0929. The molecule has 87 heavy (non-hydrogen) atoms. The maximum absolute atomic E-state index is 13.1. The molecule has 0 radical (unpaired) electrons. The van der Waals surface area contributed by atoms with Crippen LogP contribution in [0.2, 0.25) is 0 Å². The molecule has 6 aliphatic rings. The second-order valence-electron chi connectivity index (χ2n) is 27.5. The van der Waals surface area contributed by atoms with Crippen LogP contribution in [0.4, 0.5) is 0 Å². The number of rotatable bonds is 9. The van der Waals surface area contributed by atoms with Crippen molar-refractivity contribution in [2.75, 3.05) is 0 Å². The quantitative estimate of drug-likeness (QED) is 0.0801. The van der Waals surface area contributed by atoms with Crippen molar-refractivity contribution in [2.45, 2.75) is 207 Å². The molecule has 0 saturated heterocycles. The van der Waals surface area contributed by atoms with Crippen LogP contribution in [0.25, 0.3) is 0 Å². The Morgan fingerprint density at radius 2 is 0.425 bits per heavy atom. The van der Waals surface area contributed by atoms with Gasteiger partial charge in [-0.2, -0.15) is 0 Å². The Morgan fingerprint density at radius 1 is 0.172 bits per heavy atom. The van der Waals surface area contributed by atoms with E-state index in [0.717, 1.165) is 96.7 Å². The molecule has 5 saturated carbocycles. The number of phenols is 6. The van der Waals surface area contributed by atoms with Gasteiger partial charge in [-0.05, 0) is 185 Å². The molecule has 6 heteroatoms. The van der Waals surface area contributed by atoms with Crippen LogP contribution in [-0.2, 0) is 0 Å². The average Bonchev–Trinajstić information content (AvgIpc) is 1.35. The third-order valence-corrected chi connectivity index (χ3v) is 22.3. The summed E-state index contributed by atoms with van der Waals surface area (Å²) >= 11 is 0. The summed E-state index contributed by atoms with van der Waals surface area (Å²) in [6, 6.07) is 52.8. The highest BCUT2D eigenvalue weighted by Crippen LogP contribution is 2.55. The van der Waals surface area contributed by atoms with Crippen molar-refractivity contribution in [3.63, 3.8) is 0 Å². The molecular weight excluding hydrogens is 1070 g/mol. The highest BCUT2D eigenvalue weighted by Gasteiger charge is 2.37. The van der Waals surface area contributed by atoms with E-state index >= 15 is 0 Å². The molecule has 448 valence electrons. The zero-order valence-corrected chi connectivity index (χ0v) is 50.8. The molecule has 0 aliphatic heterocycles. The molecule has 14 rings (SSSR count). The largest absolute Gasteiger partial charge is 0.508 e. The summed E-state index contributed by atoms with van der Waals surface area (Å²) in [6.45, 7) is 0. The van der Waals surface area contributed by atoms with Gasteiger partial charge >= 0.3 is 0 Å². The van der Waals surface area contributed by atoms with Crippen molar-refractivity contribution in [1.29, 1.82) is 0 Å². The molecule has 0 aromatic heterocycles. The molecule has 4 unspecified atom stereocenters. The number of hydrogen-bond donors (Lipinski definition) is 6. The number of aromatic hydroxyl groups is 6. The maximum atomic E-state index is 13.1. The molecule has 6 nitrogen and oxygen atoms in total. The van der Waals surface area contributed by atoms with Crippen molar-refractivity contribution < 1.29 is 30.6 Å². The Balaban J connectivity index is 1.05. The number of phenolic OH excluding ortho intramolecular Hbond substituents is 6. The third kappa shape index (κ3) is 11.4. The summed E-state index contributed by atoms with van der Waals surface area (Å²) in [5.41, 5.74) is 15.3. The van der Waals surface area contributed by atoms with Crippen molar-refractivity contribution >= 4 is 0 Å². The van der Waals surface area contributed by atoms with Gasteiger partial charge in [0.2, 0.25) is 0 Å². The van der Waals surface area contributed by atoms with Crippen LogP contribution in [0.15, 0.2) is 152 Å². The Kier molecular flexibility index (Phi) is 16.5. The van der Waals surface area contributed by atoms with Crippen molar-refractivity contribution in [3.05, 3.63) is 246 Å². The van der Waals surface area contributed by atoms with Crippen molar-refractivity contribution in [1.82, 2.24) is 0 Å². The number of fused-ring (bicyclic) bond motifs is 8. The zero-order valence-electron chi connectivity index (χ0n) is 50.8. The predicted molar refractivity (Wildman–Crippen MR) is 350 cm³/mol. The van der Waals surface area contributed by atoms with E-state index in [0.29, 0.717) is 57.1 Å². The Bertz CT molecular complexity index is 3700. The molecule has 5 fully saturated rings. The molecule has 0 amide bonds. The lowest BCUT2D eigenvalue weighted by Crippen LogP contribution is -2.17. The molecular formula is C81H88O6. The van der Waals surface area contributed by atoms with Gasteiger partial charge in [-0.25, -0.2) is 0 Å². The summed E-state index contributed by atoms with van der Waals surface area (Å²) in [6.07, 6.45) is 28.4. The third-order valence-electron chi connectivity index (χ3n) is 22.3. The summed E-state index contributed by atoms with van der Waals surface area (Å²) in [5.74, 6) is -0.738. The Hall–Kier alpha value is -7.44. The molecule has 6 aliphatic carbocycles. The highest BCUT2D eigenvalue weighted by atomic mass is 16.3. The van der Waals surface area contributed by atoms with E-state index in [2.05, 4.69) is 115 Å². The van der Waals surface area contributed by atoms with E-state index in [1.165, 1.54) is 131 Å². The lowest BCUT2D eigenvalue weighted by atomic mass is 9.70. The van der Waals surface area contributed by atoms with E-state index in [4.69, 9.17) is 0 Å². The molecule has 8 bridgehead atoms. The Labute approximate surface area is 516 Å². The fourth-order valence-electron chi connectivity index (χ4n) is 17.2. The lowest BCUT2D eigenvalue weighted by Gasteiger charge is -2.34. The fraction of sp³-hybridized carbons (Fsp3) is 0.407. The van der Waals surface area contributed by atoms with Gasteiger partial charge < -0.3 is 30.6 Å². The van der Waals surface area contributed by atoms with E-state index < -0.39 is 17.8 Å². The average molecular weight is 1160 g/mol. The minimum atomic E-state index is -0.810. The van der Waals surface area contributed by atoms with Gasteiger partial charge in [0, 0.05) is 69.2 Å². The standard InChI is InChI=1S/C81H88O6/c82-72-42-41-63-43-66(72)79(60-35-27-56(28-36-60)52-19-10-4-11-20-52)68-45-70(76(86)48-74(68)84)81(62-39-31-57(32-40-62)53-21-12-5-13-22-53)71-46-69(75(85)49-77(71)87)80(61-37-29-55(30-38-61)50-15-6-1-2-7-16-50)67-44-65(64(47-73(67)83)58-23-14-24-58)78(63)59-33-25-54(26-34-59)51-17-8-3-9-18-51/h25-53,58,78-87H,1-24H2. The second-order valence-corrected chi connectivity index (χ2v) is 27.5. The van der Waals surface area contributed by atoms with Gasteiger partial charge in [0.1, 0.15) is 34.5 Å². The van der Waals surface area contributed by atoms with E-state index in [1.54, 1.807) is 0 Å². The summed E-state index contributed by atoms with van der Waals surface area (Å²) in [5, 5.41) is 76.5. The van der Waals surface area contributed by atoms with Crippen LogP contribution in [0.5, 0.6) is 34.5 Å². The zero-order chi connectivity index (χ0) is 59.1. The monoisotopic (exact) mass is 1160 g/mol. The Morgan fingerprint density at radius 3 is 0.747 bits per heavy atom. The van der Waals surface area contributed by atoms with Crippen LogP contribution in [0.3, 0.4) is 0 Å². The lowest BCUT2D eigenvalue weighted by molar-refractivity contribution is 0.411. The van der Waals surface area contributed by atoms with Crippen molar-refractivity contribution in [2.24, 2.45) is 0 Å². The van der Waals surface area contributed by atoms with E-state index in [9.17, 15) is 30.6 Å². The number of hydrogen-bond acceptors (Lipinski definition) is 6. The van der Waals surface area contributed by atoms with Crippen molar-refractivity contribution in [3.8, 4) is 34.5 Å². The van der Waals surface area contributed by atoms with E-state index in [-0.39, 0.29) is 46.3 Å². The van der Waals surface area contributed by atoms with Crippen LogP contribution >= 0.6 is 0 Å². The first-order chi connectivity index (χ1) is 42.6. The topological polar surface area (TPSA) is 121 Å². The van der Waals surface area contributed by atoms with Crippen LogP contribution in [0.1, 0.15) is 302 Å². The number of benzene rings is 8. The molecule has 8 aromatic carbocycles. The summed E-state index contributed by atoms with van der Waals surface area (Å²) < 4.78 is 0. The van der Waals surface area contributed by atoms with Crippen LogP contribution < -0.4 is 0 Å². The fourth-order valence-corrected chi connectivity index (χ4v) is 17.2. The molecule has 8 aromatic rings. The summed E-state index contributed by atoms with van der Waals surface area (Å²) in [7, 11) is 0. The molecule has 0 spiro atoms. The minimum Gasteiger partial charge on any atom is -0.508 e. The van der Waals surface area contributed by atoms with Gasteiger partial charge in [0.15, 0.2) is 0 Å². The van der Waals surface area contributed by atoms with Crippen LogP contribution in [-0.4, -0.2) is 30.6 Å². The first kappa shape index (κ1) is 57.3. The maximum Gasteiger partial charge on any atom is 0.123 e. The normalized spacial score (nSPS) is 21.9. The van der Waals surface area contributed by atoms with Gasteiger partial charge in [-0.15, -0.1) is 0 Å². The predicted octanol–water partition coefficient (Wildman–Crippen LogP) is 20.8. The molecule has 0 heterocycles. The summed E-state index contributed by atoms with van der Waals surface area (Å²) in [4.78, 5) is 0. The molecule has 4 atom stereocenters. The smallest absolute Gasteiger partial charge is 0.123 e. The molecule has 6 N–H and O–H groups in total. The second kappa shape index (κ2) is 25.0. The van der Waals surface area contributed by atoms with Gasteiger partial charge in [0.25, 0.3) is 0 Å². The van der Waals surface area contributed by atoms with E-state index in [1.807, 2.05) is 24.3 Å². The SMILES string of the molecule is Oc1ccc2cc1C(c1ccc(C3CCCCC3)cc1)c1cc(c(O)cc1O)C(c1ccc(C3CCCCC3)cc1)c1cc(c(O)cc1O)C(c1ccc(C3CCCCCC3)cc1)c1cc(c(C3CCC3)cc1O)C2c1ccc(C2CCCCC2)cc1. The first-order valence-corrected chi connectivity index (χ1v) is 33.8. The van der Waals surface area contributed by atoms with Gasteiger partial charge in [-0.3, -0.25) is 0 Å².